The van der Waals surface area contributed by atoms with Crippen LogP contribution in [0.2, 0.25) is 0 Å². The molecule has 2 aromatic rings. The summed E-state index contributed by atoms with van der Waals surface area (Å²) in [7, 11) is 0. The fraction of sp³-hybridized carbons (Fsp3) is 0.231. The van der Waals surface area contributed by atoms with E-state index < -0.39 is 16.6 Å². The van der Waals surface area contributed by atoms with Gasteiger partial charge in [0.1, 0.15) is 0 Å². The van der Waals surface area contributed by atoms with E-state index in [9.17, 15) is 13.2 Å². The zero-order valence-electron chi connectivity index (χ0n) is 10.1. The predicted octanol–water partition coefficient (Wildman–Crippen LogP) is 7.08. The largest absolute Gasteiger partial charge is 0.416 e. The van der Waals surface area contributed by atoms with Gasteiger partial charge in [0.25, 0.3) is 0 Å². The van der Waals surface area contributed by atoms with Gasteiger partial charge in [0, 0.05) is 18.7 Å². The summed E-state index contributed by atoms with van der Waals surface area (Å²) in [6.45, 7) is 1.92. The Kier molecular flexibility index (Phi) is 5.04. The highest BCUT2D eigenvalue weighted by Crippen LogP contribution is 2.44. The van der Waals surface area contributed by atoms with Crippen molar-refractivity contribution >= 4 is 59.1 Å². The van der Waals surface area contributed by atoms with Crippen molar-refractivity contribution in [1.29, 1.82) is 0 Å². The molecule has 0 amide bonds. The Morgan fingerprint density at radius 1 is 1.15 bits per heavy atom. The Bertz CT molecular complexity index is 615. The maximum absolute atomic E-state index is 13.1. The van der Waals surface area contributed by atoms with Gasteiger partial charge in [-0.15, -0.1) is 11.3 Å². The number of rotatable bonds is 2. The van der Waals surface area contributed by atoms with Crippen LogP contribution in [0.4, 0.5) is 13.2 Å². The highest BCUT2D eigenvalue weighted by atomic mass is 79.9. The van der Waals surface area contributed by atoms with E-state index in [0.29, 0.717) is 4.47 Å². The maximum atomic E-state index is 13.1. The lowest BCUT2D eigenvalue weighted by Crippen LogP contribution is -2.10. The minimum absolute atomic E-state index is 0.217. The second-order valence-corrected chi connectivity index (χ2v) is 8.12. The average molecular weight is 493 g/mol. The first-order valence-electron chi connectivity index (χ1n) is 5.46. The van der Waals surface area contributed by atoms with Crippen molar-refractivity contribution < 1.29 is 13.2 Å². The van der Waals surface area contributed by atoms with Gasteiger partial charge in [-0.3, -0.25) is 0 Å². The third kappa shape index (κ3) is 3.48. The maximum Gasteiger partial charge on any atom is 0.416 e. The van der Waals surface area contributed by atoms with Crippen LogP contribution in [0.25, 0.3) is 0 Å². The van der Waals surface area contributed by atoms with Crippen LogP contribution < -0.4 is 0 Å². The number of thiophene rings is 1. The number of aryl methyl sites for hydroxylation is 1. The summed E-state index contributed by atoms with van der Waals surface area (Å²) in [5, 5.41) is 0. The van der Waals surface area contributed by atoms with E-state index in [-0.39, 0.29) is 5.56 Å². The molecule has 0 spiro atoms. The highest BCUT2D eigenvalue weighted by Gasteiger charge is 2.35. The zero-order valence-corrected chi connectivity index (χ0v) is 15.6. The van der Waals surface area contributed by atoms with E-state index in [0.717, 1.165) is 20.3 Å². The van der Waals surface area contributed by atoms with Crippen LogP contribution in [-0.4, -0.2) is 0 Å². The molecule has 0 bridgehead atoms. The van der Waals surface area contributed by atoms with Crippen LogP contribution in [0.15, 0.2) is 33.2 Å². The monoisotopic (exact) mass is 490 g/mol. The van der Waals surface area contributed by atoms with Crippen LogP contribution in [0.1, 0.15) is 25.7 Å². The van der Waals surface area contributed by atoms with Crippen molar-refractivity contribution in [2.24, 2.45) is 0 Å². The van der Waals surface area contributed by atoms with Crippen LogP contribution in [0.5, 0.6) is 0 Å². The number of alkyl halides is 4. The average Bonchev–Trinajstić information content (AvgIpc) is 2.67. The normalized spacial score (nSPS) is 13.6. The van der Waals surface area contributed by atoms with E-state index in [4.69, 9.17) is 0 Å². The third-order valence-electron chi connectivity index (χ3n) is 2.72. The van der Waals surface area contributed by atoms with Gasteiger partial charge in [-0.25, -0.2) is 0 Å². The molecule has 0 radical (unpaired) electrons. The first kappa shape index (κ1) is 16.5. The Labute approximate surface area is 143 Å². The van der Waals surface area contributed by atoms with Crippen LogP contribution >= 0.6 is 59.1 Å². The summed E-state index contributed by atoms with van der Waals surface area (Å²) in [6, 6.07) is 6.07. The lowest BCUT2D eigenvalue weighted by atomic mass is 10.0. The molecule has 0 aliphatic carbocycles. The van der Waals surface area contributed by atoms with E-state index in [1.165, 1.54) is 17.4 Å². The molecule has 7 heteroatoms. The Morgan fingerprint density at radius 2 is 1.80 bits per heavy atom. The highest BCUT2D eigenvalue weighted by molar-refractivity contribution is 9.11. The van der Waals surface area contributed by atoms with Gasteiger partial charge in [-0.05, 0) is 46.6 Å². The quantitative estimate of drug-likeness (QED) is 0.393. The van der Waals surface area contributed by atoms with E-state index in [1.54, 1.807) is 6.07 Å². The molecule has 0 aliphatic rings. The lowest BCUT2D eigenvalue weighted by molar-refractivity contribution is -0.138. The minimum atomic E-state index is -4.38. The van der Waals surface area contributed by atoms with Gasteiger partial charge >= 0.3 is 6.18 Å². The van der Waals surface area contributed by atoms with Gasteiger partial charge in [0.05, 0.1) is 10.4 Å². The molecule has 1 unspecified atom stereocenters. The summed E-state index contributed by atoms with van der Waals surface area (Å²) in [5.74, 6) is 0. The molecule has 108 valence electrons. The zero-order chi connectivity index (χ0) is 15.1. The van der Waals surface area contributed by atoms with Crippen molar-refractivity contribution in [3.05, 3.63) is 54.1 Å². The minimum Gasteiger partial charge on any atom is -0.166 e. The summed E-state index contributed by atoms with van der Waals surface area (Å²) >= 11 is 11.3. The fourth-order valence-electron chi connectivity index (χ4n) is 1.75. The van der Waals surface area contributed by atoms with E-state index in [1.807, 2.05) is 13.0 Å². The summed E-state index contributed by atoms with van der Waals surface area (Å²) in [4.78, 5) is 1.39. The van der Waals surface area contributed by atoms with Crippen molar-refractivity contribution in [2.75, 3.05) is 0 Å². The summed E-state index contributed by atoms with van der Waals surface area (Å²) in [6.07, 6.45) is -4.38. The smallest absolute Gasteiger partial charge is 0.166 e. The summed E-state index contributed by atoms with van der Waals surface area (Å²) < 4.78 is 40.7. The second kappa shape index (κ2) is 6.10. The molecule has 20 heavy (non-hydrogen) atoms. The van der Waals surface area contributed by atoms with Crippen LogP contribution in [0.3, 0.4) is 0 Å². The molecular weight excluding hydrogens is 485 g/mol. The van der Waals surface area contributed by atoms with Crippen LogP contribution in [0, 0.1) is 6.92 Å². The molecule has 0 nitrogen and oxygen atoms in total. The SMILES string of the molecule is Cc1sc(C(Br)c2ccc(Br)cc2C(F)(F)F)cc1Br. The van der Waals surface area contributed by atoms with Gasteiger partial charge in [-0.2, -0.15) is 13.2 Å². The predicted molar refractivity (Wildman–Crippen MR) is 86.7 cm³/mol. The molecule has 1 heterocycles. The Hall–Kier alpha value is 0.150. The van der Waals surface area contributed by atoms with Crippen LogP contribution in [-0.2, 0) is 6.18 Å². The number of halogens is 6. The molecule has 1 aromatic carbocycles. The first-order valence-corrected chi connectivity index (χ1v) is 8.78. The molecule has 0 saturated carbocycles. The second-order valence-electron chi connectivity index (χ2n) is 4.14. The van der Waals surface area contributed by atoms with Gasteiger partial charge in [-0.1, -0.05) is 37.9 Å². The fourth-order valence-corrected chi connectivity index (χ4v) is 4.49. The molecular formula is C13H8Br3F3S. The van der Waals surface area contributed by atoms with Gasteiger partial charge < -0.3 is 0 Å². The third-order valence-corrected chi connectivity index (χ3v) is 6.70. The molecule has 2 rings (SSSR count). The number of hydrogen-bond acceptors (Lipinski definition) is 1. The standard InChI is InChI=1S/C13H8Br3F3S/c1-6-10(15)5-11(20-6)12(16)8-3-2-7(14)4-9(8)13(17,18)19/h2-5,12H,1H3. The van der Waals surface area contributed by atoms with Gasteiger partial charge in [0.15, 0.2) is 0 Å². The molecule has 1 atom stereocenters. The molecule has 1 aromatic heterocycles. The number of hydrogen-bond donors (Lipinski definition) is 0. The van der Waals surface area contributed by atoms with Gasteiger partial charge in [0.2, 0.25) is 0 Å². The lowest BCUT2D eigenvalue weighted by Gasteiger charge is -2.16. The van der Waals surface area contributed by atoms with E-state index >= 15 is 0 Å². The van der Waals surface area contributed by atoms with Crippen molar-refractivity contribution in [1.82, 2.24) is 0 Å². The molecule has 0 saturated heterocycles. The molecule has 0 N–H and O–H groups in total. The molecule has 0 fully saturated rings. The number of benzene rings is 1. The van der Waals surface area contributed by atoms with Crippen molar-refractivity contribution in [2.45, 2.75) is 17.9 Å². The molecule has 0 aliphatic heterocycles. The Morgan fingerprint density at radius 3 is 2.30 bits per heavy atom. The topological polar surface area (TPSA) is 0 Å². The Balaban J connectivity index is 2.52. The van der Waals surface area contributed by atoms with Crippen molar-refractivity contribution in [3.8, 4) is 0 Å². The van der Waals surface area contributed by atoms with E-state index in [2.05, 4.69) is 47.8 Å². The first-order chi connectivity index (χ1) is 9.20. The van der Waals surface area contributed by atoms with Crippen molar-refractivity contribution in [3.63, 3.8) is 0 Å². The summed E-state index contributed by atoms with van der Waals surface area (Å²) in [5.41, 5.74) is -0.412.